The van der Waals surface area contributed by atoms with E-state index >= 15 is 0 Å². The summed E-state index contributed by atoms with van der Waals surface area (Å²) in [6.07, 6.45) is 1.62. The van der Waals surface area contributed by atoms with Gasteiger partial charge in [-0.2, -0.15) is 0 Å². The molecule has 22 heavy (non-hydrogen) atoms. The van der Waals surface area contributed by atoms with E-state index < -0.39 is 5.60 Å². The van der Waals surface area contributed by atoms with Gasteiger partial charge in [-0.3, -0.25) is 0 Å². The monoisotopic (exact) mass is 296 g/mol. The molecule has 4 rings (SSSR count). The van der Waals surface area contributed by atoms with Gasteiger partial charge in [-0.1, -0.05) is 42.5 Å². The van der Waals surface area contributed by atoms with Crippen molar-refractivity contribution in [2.45, 2.75) is 25.0 Å². The van der Waals surface area contributed by atoms with Gasteiger partial charge < -0.3 is 14.6 Å². The van der Waals surface area contributed by atoms with Crippen molar-refractivity contribution < 1.29 is 14.6 Å². The van der Waals surface area contributed by atoms with Crippen LogP contribution in [0.3, 0.4) is 0 Å². The van der Waals surface area contributed by atoms with Gasteiger partial charge in [0.05, 0.1) is 18.8 Å². The molecule has 114 valence electrons. The normalized spacial score (nSPS) is 21.0. The van der Waals surface area contributed by atoms with E-state index in [1.165, 1.54) is 0 Å². The zero-order valence-electron chi connectivity index (χ0n) is 12.5. The highest BCUT2D eigenvalue weighted by Gasteiger charge is 2.58. The molecule has 0 radical (unpaired) electrons. The van der Waals surface area contributed by atoms with Crippen molar-refractivity contribution >= 4 is 0 Å². The molecule has 1 saturated carbocycles. The van der Waals surface area contributed by atoms with Crippen LogP contribution in [-0.4, -0.2) is 18.3 Å². The first-order valence-electron chi connectivity index (χ1n) is 7.75. The molecule has 2 aliphatic rings. The van der Waals surface area contributed by atoms with Gasteiger partial charge >= 0.3 is 0 Å². The molecule has 3 nitrogen and oxygen atoms in total. The summed E-state index contributed by atoms with van der Waals surface area (Å²) in [4.78, 5) is 0. The highest BCUT2D eigenvalue weighted by atomic mass is 16.5. The summed E-state index contributed by atoms with van der Waals surface area (Å²) in [6, 6.07) is 18.0. The quantitative estimate of drug-likeness (QED) is 0.941. The highest BCUT2D eigenvalue weighted by molar-refractivity contribution is 5.34. The Bertz CT molecular complexity index is 636. The van der Waals surface area contributed by atoms with E-state index in [1.54, 1.807) is 0 Å². The minimum atomic E-state index is -0.679. The first kappa shape index (κ1) is 13.8. The molecule has 2 aromatic carbocycles. The van der Waals surface area contributed by atoms with Crippen molar-refractivity contribution in [3.05, 3.63) is 65.7 Å². The second kappa shape index (κ2) is 5.11. The lowest BCUT2D eigenvalue weighted by Crippen LogP contribution is -2.59. The number of hydrogen-bond acceptors (Lipinski definition) is 3. The molecule has 1 aliphatic heterocycles. The third-order valence-electron chi connectivity index (χ3n) is 4.79. The lowest BCUT2D eigenvalue weighted by atomic mass is 9.56. The molecule has 0 aromatic heterocycles. The SMILES string of the molecule is OC1(c2ccc(OCc3ccccc3)cc2)CC2(COC2)C1. The van der Waals surface area contributed by atoms with E-state index in [1.807, 2.05) is 54.6 Å². The Morgan fingerprint density at radius 1 is 0.955 bits per heavy atom. The molecule has 1 aliphatic carbocycles. The first-order valence-corrected chi connectivity index (χ1v) is 7.75. The van der Waals surface area contributed by atoms with Crippen LogP contribution in [0.4, 0.5) is 0 Å². The maximum atomic E-state index is 10.7. The van der Waals surface area contributed by atoms with Crippen LogP contribution in [-0.2, 0) is 16.9 Å². The summed E-state index contributed by atoms with van der Waals surface area (Å²) in [7, 11) is 0. The second-order valence-electron chi connectivity index (χ2n) is 6.68. The van der Waals surface area contributed by atoms with Crippen molar-refractivity contribution in [3.8, 4) is 5.75 Å². The molecule has 0 unspecified atom stereocenters. The Kier molecular flexibility index (Phi) is 3.21. The summed E-state index contributed by atoms with van der Waals surface area (Å²) >= 11 is 0. The van der Waals surface area contributed by atoms with E-state index in [0.29, 0.717) is 6.61 Å². The Labute approximate surface area is 130 Å². The zero-order valence-corrected chi connectivity index (χ0v) is 12.5. The molecule has 0 amide bonds. The smallest absolute Gasteiger partial charge is 0.119 e. The van der Waals surface area contributed by atoms with Crippen LogP contribution < -0.4 is 4.74 Å². The molecule has 1 spiro atoms. The summed E-state index contributed by atoms with van der Waals surface area (Å²) in [5.74, 6) is 0.831. The van der Waals surface area contributed by atoms with Gasteiger partial charge in [-0.25, -0.2) is 0 Å². The fourth-order valence-electron chi connectivity index (χ4n) is 3.59. The van der Waals surface area contributed by atoms with Crippen molar-refractivity contribution in [3.63, 3.8) is 0 Å². The summed E-state index contributed by atoms with van der Waals surface area (Å²) < 4.78 is 11.1. The number of benzene rings is 2. The molecule has 0 atom stereocenters. The van der Waals surface area contributed by atoms with Gasteiger partial charge in [0.1, 0.15) is 12.4 Å². The van der Waals surface area contributed by atoms with Crippen molar-refractivity contribution in [1.29, 1.82) is 0 Å². The average molecular weight is 296 g/mol. The van der Waals surface area contributed by atoms with Crippen LogP contribution in [0.25, 0.3) is 0 Å². The summed E-state index contributed by atoms with van der Waals surface area (Å²) in [6.45, 7) is 2.16. The maximum absolute atomic E-state index is 10.7. The zero-order chi connectivity index (χ0) is 15.0. The van der Waals surface area contributed by atoms with Crippen LogP contribution in [0.5, 0.6) is 5.75 Å². The summed E-state index contributed by atoms with van der Waals surface area (Å²) in [5.41, 5.74) is 1.70. The lowest BCUT2D eigenvalue weighted by molar-refractivity contribution is -0.244. The highest BCUT2D eigenvalue weighted by Crippen LogP contribution is 2.57. The molecular weight excluding hydrogens is 276 g/mol. The Balaban J connectivity index is 1.38. The second-order valence-corrected chi connectivity index (χ2v) is 6.68. The molecule has 2 aromatic rings. The lowest BCUT2D eigenvalue weighted by Gasteiger charge is -2.58. The van der Waals surface area contributed by atoms with Crippen LogP contribution in [0.15, 0.2) is 54.6 Å². The predicted molar refractivity (Wildman–Crippen MR) is 83.6 cm³/mol. The standard InChI is InChI=1S/C19H20O3/c20-19(11-18(12-19)13-21-14-18)16-6-8-17(9-7-16)22-10-15-4-2-1-3-5-15/h1-9,20H,10-14H2. The van der Waals surface area contributed by atoms with Gasteiger partial charge in [0.25, 0.3) is 0 Å². The fourth-order valence-corrected chi connectivity index (χ4v) is 3.59. The van der Waals surface area contributed by atoms with Gasteiger partial charge in [-0.05, 0) is 36.1 Å². The summed E-state index contributed by atoms with van der Waals surface area (Å²) in [5, 5.41) is 10.7. The largest absolute Gasteiger partial charge is 0.489 e. The van der Waals surface area contributed by atoms with E-state index in [9.17, 15) is 5.11 Å². The molecule has 1 N–H and O–H groups in total. The topological polar surface area (TPSA) is 38.7 Å². The molecule has 0 bridgehead atoms. The predicted octanol–water partition coefficient (Wildman–Crippen LogP) is 3.26. The first-order chi connectivity index (χ1) is 10.7. The minimum absolute atomic E-state index is 0.247. The number of ether oxygens (including phenoxy) is 2. The van der Waals surface area contributed by atoms with E-state index in [2.05, 4.69) is 0 Å². The Morgan fingerprint density at radius 2 is 1.64 bits per heavy atom. The van der Waals surface area contributed by atoms with Gasteiger partial charge in [0.15, 0.2) is 0 Å². The third-order valence-corrected chi connectivity index (χ3v) is 4.79. The van der Waals surface area contributed by atoms with E-state index in [-0.39, 0.29) is 5.41 Å². The van der Waals surface area contributed by atoms with Crippen molar-refractivity contribution in [2.75, 3.05) is 13.2 Å². The minimum Gasteiger partial charge on any atom is -0.489 e. The van der Waals surface area contributed by atoms with Crippen LogP contribution in [0.1, 0.15) is 24.0 Å². The molecule has 1 saturated heterocycles. The van der Waals surface area contributed by atoms with Crippen LogP contribution >= 0.6 is 0 Å². The third kappa shape index (κ3) is 2.40. The van der Waals surface area contributed by atoms with Crippen molar-refractivity contribution in [1.82, 2.24) is 0 Å². The number of rotatable bonds is 4. The fraction of sp³-hybridized carbons (Fsp3) is 0.368. The Morgan fingerprint density at radius 3 is 2.23 bits per heavy atom. The van der Waals surface area contributed by atoms with E-state index in [0.717, 1.165) is 42.9 Å². The molecule has 1 heterocycles. The maximum Gasteiger partial charge on any atom is 0.119 e. The van der Waals surface area contributed by atoms with Gasteiger partial charge in [-0.15, -0.1) is 0 Å². The molecular formula is C19H20O3. The van der Waals surface area contributed by atoms with Crippen molar-refractivity contribution in [2.24, 2.45) is 5.41 Å². The molecule has 2 fully saturated rings. The van der Waals surface area contributed by atoms with Crippen LogP contribution in [0, 0.1) is 5.41 Å². The average Bonchev–Trinajstić information content (AvgIpc) is 2.49. The Hall–Kier alpha value is -1.84. The number of hydrogen-bond donors (Lipinski definition) is 1. The van der Waals surface area contributed by atoms with Crippen LogP contribution in [0.2, 0.25) is 0 Å². The van der Waals surface area contributed by atoms with E-state index in [4.69, 9.17) is 9.47 Å². The molecule has 3 heteroatoms. The van der Waals surface area contributed by atoms with Gasteiger partial charge in [0, 0.05) is 5.41 Å². The van der Waals surface area contributed by atoms with Gasteiger partial charge in [0.2, 0.25) is 0 Å². The number of aliphatic hydroxyl groups is 1.